The van der Waals surface area contributed by atoms with Gasteiger partial charge in [-0.2, -0.15) is 0 Å². The van der Waals surface area contributed by atoms with Crippen molar-refractivity contribution in [3.05, 3.63) is 53.6 Å². The summed E-state index contributed by atoms with van der Waals surface area (Å²) in [5.74, 6) is 0.0420. The number of fused-ring (bicyclic) bond motifs is 1. The van der Waals surface area contributed by atoms with Gasteiger partial charge in [-0.3, -0.25) is 0 Å². The maximum atomic E-state index is 11.0. The van der Waals surface area contributed by atoms with Gasteiger partial charge in [0, 0.05) is 29.6 Å². The quantitative estimate of drug-likeness (QED) is 0.933. The average molecular weight is 272 g/mol. The van der Waals surface area contributed by atoms with Crippen LogP contribution < -0.4 is 0 Å². The van der Waals surface area contributed by atoms with Crippen LogP contribution in [0.2, 0.25) is 0 Å². The van der Waals surface area contributed by atoms with E-state index >= 15 is 0 Å². The summed E-state index contributed by atoms with van der Waals surface area (Å²) in [6.45, 7) is 0.795. The molecule has 1 aliphatic heterocycles. The maximum Gasteiger partial charge on any atom is 0.335 e. The molecule has 0 saturated carbocycles. The van der Waals surface area contributed by atoms with Crippen LogP contribution in [0.1, 0.15) is 15.9 Å². The number of hydrogen-bond acceptors (Lipinski definition) is 3. The molecule has 3 rings (SSSR count). The summed E-state index contributed by atoms with van der Waals surface area (Å²) in [4.78, 5) is 16.1. The van der Waals surface area contributed by atoms with Crippen molar-refractivity contribution in [1.82, 2.24) is 9.55 Å². The number of carbonyl (C=O) groups is 1. The van der Waals surface area contributed by atoms with E-state index in [9.17, 15) is 4.79 Å². The van der Waals surface area contributed by atoms with Crippen LogP contribution in [0.5, 0.6) is 0 Å². The molecule has 5 heteroatoms. The number of thioether (sulfide) groups is 1. The Morgan fingerprint density at radius 3 is 3.11 bits per heavy atom. The van der Waals surface area contributed by atoms with E-state index in [2.05, 4.69) is 11.1 Å². The van der Waals surface area contributed by atoms with E-state index in [4.69, 9.17) is 5.11 Å². The largest absolute Gasteiger partial charge is 0.478 e. The van der Waals surface area contributed by atoms with Gasteiger partial charge in [0.15, 0.2) is 0 Å². The molecule has 0 aliphatic carbocycles. The summed E-state index contributed by atoms with van der Waals surface area (Å²) >= 11 is 1.74. The van der Waals surface area contributed by atoms with Crippen molar-refractivity contribution >= 4 is 23.8 Å². The van der Waals surface area contributed by atoms with Crippen molar-refractivity contribution in [2.75, 3.05) is 5.75 Å². The van der Waals surface area contributed by atoms with Gasteiger partial charge in [0.2, 0.25) is 0 Å². The number of hydrogen-bond donors (Lipinski definition) is 1. The lowest BCUT2D eigenvalue weighted by molar-refractivity contribution is 0.0697. The molecular weight excluding hydrogens is 260 g/mol. The molecule has 19 heavy (non-hydrogen) atoms. The molecule has 2 heterocycles. The van der Waals surface area contributed by atoms with Gasteiger partial charge < -0.3 is 9.67 Å². The van der Waals surface area contributed by atoms with Gasteiger partial charge in [-0.15, -0.1) is 11.8 Å². The predicted molar refractivity (Wildman–Crippen MR) is 74.3 cm³/mol. The Balaban J connectivity index is 1.90. The van der Waals surface area contributed by atoms with Gasteiger partial charge in [-0.25, -0.2) is 9.78 Å². The van der Waals surface area contributed by atoms with E-state index in [0.717, 1.165) is 22.8 Å². The lowest BCUT2D eigenvalue weighted by Gasteiger charge is -2.16. The van der Waals surface area contributed by atoms with E-state index in [1.807, 2.05) is 16.8 Å². The van der Waals surface area contributed by atoms with Crippen molar-refractivity contribution < 1.29 is 9.90 Å². The van der Waals surface area contributed by atoms with Crippen LogP contribution in [0.4, 0.5) is 0 Å². The van der Waals surface area contributed by atoms with E-state index < -0.39 is 5.97 Å². The number of aromatic carboxylic acids is 1. The third-order valence-corrected chi connectivity index (χ3v) is 4.17. The van der Waals surface area contributed by atoms with Crippen molar-refractivity contribution in [2.45, 2.75) is 11.4 Å². The zero-order valence-corrected chi connectivity index (χ0v) is 10.9. The summed E-state index contributed by atoms with van der Waals surface area (Å²) in [6.07, 6.45) is 7.55. The van der Waals surface area contributed by atoms with Crippen LogP contribution in [0.15, 0.2) is 47.4 Å². The maximum absolute atomic E-state index is 11.0. The Bertz CT molecular complexity index is 647. The van der Waals surface area contributed by atoms with Gasteiger partial charge in [0.1, 0.15) is 0 Å². The van der Waals surface area contributed by atoms with Crippen LogP contribution in [0.3, 0.4) is 0 Å². The van der Waals surface area contributed by atoms with E-state index in [1.54, 1.807) is 36.4 Å². The number of carboxylic acids is 1. The fourth-order valence-electron chi connectivity index (χ4n) is 2.06. The fraction of sp³-hybridized carbons (Fsp3) is 0.143. The van der Waals surface area contributed by atoms with Crippen molar-refractivity contribution in [1.29, 1.82) is 0 Å². The highest BCUT2D eigenvalue weighted by molar-refractivity contribution is 7.99. The molecule has 96 valence electrons. The molecule has 0 bridgehead atoms. The van der Waals surface area contributed by atoms with Gasteiger partial charge in [0.25, 0.3) is 0 Å². The fourth-order valence-corrected chi connectivity index (χ4v) is 3.03. The molecule has 0 radical (unpaired) electrons. The highest BCUT2D eigenvalue weighted by atomic mass is 32.2. The third kappa shape index (κ3) is 2.56. The molecule has 4 nitrogen and oxygen atoms in total. The molecule has 1 aromatic carbocycles. The van der Waals surface area contributed by atoms with Crippen molar-refractivity contribution in [2.24, 2.45) is 0 Å². The monoisotopic (exact) mass is 272 g/mol. The molecule has 0 fully saturated rings. The second-order valence-corrected chi connectivity index (χ2v) is 5.40. The highest BCUT2D eigenvalue weighted by Gasteiger charge is 2.13. The SMILES string of the molecule is O=C(O)c1ccc2c(c1)C=C(Cn1ccnc1)CS2. The Kier molecular flexibility index (Phi) is 3.13. The highest BCUT2D eigenvalue weighted by Crippen LogP contribution is 2.32. The summed E-state index contributed by atoms with van der Waals surface area (Å²) in [6, 6.07) is 5.27. The minimum atomic E-state index is -0.886. The van der Waals surface area contributed by atoms with Crippen LogP contribution >= 0.6 is 11.8 Å². The number of nitrogens with zero attached hydrogens (tertiary/aromatic N) is 2. The predicted octanol–water partition coefficient (Wildman–Crippen LogP) is 2.77. The Morgan fingerprint density at radius 1 is 1.47 bits per heavy atom. The van der Waals surface area contributed by atoms with Crippen LogP contribution in [0, 0.1) is 0 Å². The zero-order chi connectivity index (χ0) is 13.2. The van der Waals surface area contributed by atoms with Crippen molar-refractivity contribution in [3.8, 4) is 0 Å². The van der Waals surface area contributed by atoms with E-state index in [-0.39, 0.29) is 0 Å². The van der Waals surface area contributed by atoms with Crippen molar-refractivity contribution in [3.63, 3.8) is 0 Å². The average Bonchev–Trinajstić information content (AvgIpc) is 2.90. The molecule has 1 N–H and O–H groups in total. The topological polar surface area (TPSA) is 55.1 Å². The van der Waals surface area contributed by atoms with Crippen LogP contribution in [0.25, 0.3) is 6.08 Å². The summed E-state index contributed by atoms with van der Waals surface area (Å²) < 4.78 is 2.01. The first-order chi connectivity index (χ1) is 9.22. The number of carboxylic acid groups (broad SMARTS) is 1. The Morgan fingerprint density at radius 2 is 2.37 bits per heavy atom. The Labute approximate surface area is 114 Å². The first-order valence-corrected chi connectivity index (χ1v) is 6.86. The molecule has 2 aromatic rings. The number of rotatable bonds is 3. The first kappa shape index (κ1) is 12.0. The molecular formula is C14H12N2O2S. The molecule has 0 spiro atoms. The van der Waals surface area contributed by atoms with Gasteiger partial charge in [-0.1, -0.05) is 6.08 Å². The summed E-state index contributed by atoms with van der Waals surface area (Å²) in [5, 5.41) is 9.02. The number of imidazole rings is 1. The van der Waals surface area contributed by atoms with Crippen LogP contribution in [-0.4, -0.2) is 26.4 Å². The standard InChI is InChI=1S/C14H12N2O2S/c17-14(18)11-1-2-13-12(6-11)5-10(8-19-13)7-16-4-3-15-9-16/h1-6,9H,7-8H2,(H,17,18). The normalized spacial score (nSPS) is 13.8. The molecule has 0 amide bonds. The lowest BCUT2D eigenvalue weighted by Crippen LogP contribution is -2.05. The number of aromatic nitrogens is 2. The molecule has 0 saturated heterocycles. The second-order valence-electron chi connectivity index (χ2n) is 4.38. The second kappa shape index (κ2) is 4.93. The molecule has 1 aromatic heterocycles. The smallest absolute Gasteiger partial charge is 0.335 e. The molecule has 0 unspecified atom stereocenters. The summed E-state index contributed by atoms with van der Waals surface area (Å²) in [7, 11) is 0. The number of benzene rings is 1. The minimum absolute atomic E-state index is 0.333. The molecule has 1 aliphatic rings. The van der Waals surface area contributed by atoms with Crippen LogP contribution in [-0.2, 0) is 6.54 Å². The van der Waals surface area contributed by atoms with E-state index in [0.29, 0.717) is 5.56 Å². The van der Waals surface area contributed by atoms with Gasteiger partial charge >= 0.3 is 5.97 Å². The van der Waals surface area contributed by atoms with E-state index in [1.165, 1.54) is 5.57 Å². The molecule has 0 atom stereocenters. The van der Waals surface area contributed by atoms with Gasteiger partial charge in [0.05, 0.1) is 11.9 Å². The lowest BCUT2D eigenvalue weighted by atomic mass is 10.1. The Hall–Kier alpha value is -2.01. The first-order valence-electron chi connectivity index (χ1n) is 5.88. The van der Waals surface area contributed by atoms with Gasteiger partial charge in [-0.05, 0) is 29.3 Å². The minimum Gasteiger partial charge on any atom is -0.478 e. The summed E-state index contributed by atoms with van der Waals surface area (Å²) in [5.41, 5.74) is 2.59. The zero-order valence-electron chi connectivity index (χ0n) is 10.1. The third-order valence-electron chi connectivity index (χ3n) is 2.97.